The van der Waals surface area contributed by atoms with Gasteiger partial charge in [-0.1, -0.05) is 19.3 Å². The molecule has 0 saturated heterocycles. The molecule has 0 aliphatic heterocycles. The Morgan fingerprint density at radius 2 is 1.79 bits per heavy atom. The fourth-order valence-corrected chi connectivity index (χ4v) is 2.67. The molecule has 0 aromatic rings. The molecule has 0 heterocycles. The van der Waals surface area contributed by atoms with Gasteiger partial charge in [-0.3, -0.25) is 0 Å². The minimum absolute atomic E-state index is 0.471. The maximum Gasteiger partial charge on any atom is 0.00934 e. The lowest BCUT2D eigenvalue weighted by Crippen LogP contribution is -2.38. The first-order valence-electron chi connectivity index (χ1n) is 6.23. The minimum atomic E-state index is 0.471. The van der Waals surface area contributed by atoms with E-state index in [1.807, 2.05) is 0 Å². The van der Waals surface area contributed by atoms with Gasteiger partial charge in [-0.15, -0.1) is 0 Å². The zero-order valence-corrected chi connectivity index (χ0v) is 9.41. The zero-order chi connectivity index (χ0) is 9.97. The summed E-state index contributed by atoms with van der Waals surface area (Å²) in [5.41, 5.74) is 6.22. The van der Waals surface area contributed by atoms with E-state index in [2.05, 4.69) is 11.9 Å². The molecule has 2 aliphatic carbocycles. The van der Waals surface area contributed by atoms with Gasteiger partial charge in [0.15, 0.2) is 0 Å². The predicted molar refractivity (Wildman–Crippen MR) is 60.2 cm³/mol. The van der Waals surface area contributed by atoms with Gasteiger partial charge in [-0.2, -0.15) is 0 Å². The van der Waals surface area contributed by atoms with Gasteiger partial charge in [0.2, 0.25) is 0 Å². The lowest BCUT2D eigenvalue weighted by atomic mass is 9.95. The molecule has 14 heavy (non-hydrogen) atoms. The van der Waals surface area contributed by atoms with Gasteiger partial charge in [0.25, 0.3) is 0 Å². The molecular weight excluding hydrogens is 172 g/mol. The van der Waals surface area contributed by atoms with Crippen molar-refractivity contribution in [3.63, 3.8) is 0 Å². The molecule has 2 fully saturated rings. The smallest absolute Gasteiger partial charge is 0.00934 e. The van der Waals surface area contributed by atoms with Crippen LogP contribution >= 0.6 is 0 Å². The molecule has 2 unspecified atom stereocenters. The maximum absolute atomic E-state index is 6.22. The highest BCUT2D eigenvalue weighted by molar-refractivity contribution is 4.86. The number of hydrogen-bond donors (Lipinski definition) is 1. The van der Waals surface area contributed by atoms with Crippen LogP contribution in [0, 0.1) is 5.92 Å². The summed E-state index contributed by atoms with van der Waals surface area (Å²) in [6.45, 7) is 1.24. The summed E-state index contributed by atoms with van der Waals surface area (Å²) in [7, 11) is 2.27. The van der Waals surface area contributed by atoms with E-state index in [1.54, 1.807) is 0 Å². The van der Waals surface area contributed by atoms with Crippen LogP contribution in [-0.4, -0.2) is 30.6 Å². The molecule has 2 nitrogen and oxygen atoms in total. The Morgan fingerprint density at radius 1 is 1.07 bits per heavy atom. The number of nitrogens with zero attached hydrogens (tertiary/aromatic N) is 1. The van der Waals surface area contributed by atoms with Crippen LogP contribution in [0.2, 0.25) is 0 Å². The molecule has 2 N–H and O–H groups in total. The van der Waals surface area contributed by atoms with Crippen LogP contribution in [0.4, 0.5) is 0 Å². The fourth-order valence-electron chi connectivity index (χ4n) is 2.67. The van der Waals surface area contributed by atoms with Crippen LogP contribution in [0.1, 0.15) is 44.9 Å². The molecule has 2 heteroatoms. The second kappa shape index (κ2) is 4.63. The Hall–Kier alpha value is -0.0800. The van der Waals surface area contributed by atoms with E-state index < -0.39 is 0 Å². The van der Waals surface area contributed by atoms with E-state index in [0.717, 1.165) is 12.0 Å². The largest absolute Gasteiger partial charge is 0.327 e. The van der Waals surface area contributed by atoms with Crippen LogP contribution in [0.3, 0.4) is 0 Å². The van der Waals surface area contributed by atoms with Crippen molar-refractivity contribution in [3.05, 3.63) is 0 Å². The molecule has 82 valence electrons. The Labute approximate surface area is 87.8 Å². The first-order chi connectivity index (χ1) is 6.77. The third kappa shape index (κ3) is 2.71. The van der Waals surface area contributed by atoms with E-state index >= 15 is 0 Å². The lowest BCUT2D eigenvalue weighted by molar-refractivity contribution is 0.235. The minimum Gasteiger partial charge on any atom is -0.327 e. The number of hydrogen-bond acceptors (Lipinski definition) is 2. The fraction of sp³-hybridized carbons (Fsp3) is 1.00. The third-order valence-corrected chi connectivity index (χ3v) is 3.91. The Bertz CT molecular complexity index is 177. The number of nitrogens with two attached hydrogens (primary N) is 1. The molecule has 2 atom stereocenters. The van der Waals surface area contributed by atoms with Crippen molar-refractivity contribution in [2.45, 2.75) is 57.0 Å². The van der Waals surface area contributed by atoms with Crippen molar-refractivity contribution in [1.82, 2.24) is 4.90 Å². The van der Waals surface area contributed by atoms with Gasteiger partial charge >= 0.3 is 0 Å². The molecule has 0 aromatic heterocycles. The monoisotopic (exact) mass is 196 g/mol. The van der Waals surface area contributed by atoms with E-state index in [1.165, 1.54) is 51.5 Å². The van der Waals surface area contributed by atoms with Gasteiger partial charge in [0, 0.05) is 18.6 Å². The normalized spacial score (nSPS) is 34.5. The van der Waals surface area contributed by atoms with Crippen LogP contribution in [0.15, 0.2) is 0 Å². The summed E-state index contributed by atoms with van der Waals surface area (Å²) >= 11 is 0. The molecule has 0 aromatic carbocycles. The molecule has 0 radical (unpaired) electrons. The summed E-state index contributed by atoms with van der Waals surface area (Å²) in [4.78, 5) is 2.54. The summed E-state index contributed by atoms with van der Waals surface area (Å²) in [6.07, 6.45) is 9.59. The van der Waals surface area contributed by atoms with E-state index in [9.17, 15) is 0 Å². The number of rotatable bonds is 3. The van der Waals surface area contributed by atoms with Gasteiger partial charge in [-0.05, 0) is 38.6 Å². The average Bonchev–Trinajstić information content (AvgIpc) is 2.95. The molecule has 2 saturated carbocycles. The topological polar surface area (TPSA) is 29.3 Å². The van der Waals surface area contributed by atoms with Gasteiger partial charge in [-0.25, -0.2) is 0 Å². The SMILES string of the molecule is CN(CC1CCCCCC1N)C1CC1. The second-order valence-electron chi connectivity index (χ2n) is 5.23. The van der Waals surface area contributed by atoms with Crippen LogP contribution in [-0.2, 0) is 0 Å². The van der Waals surface area contributed by atoms with Gasteiger partial charge in [0.1, 0.15) is 0 Å². The van der Waals surface area contributed by atoms with Crippen molar-refractivity contribution in [3.8, 4) is 0 Å². The molecule has 0 amide bonds. The summed E-state index contributed by atoms with van der Waals surface area (Å²) in [5.74, 6) is 0.767. The van der Waals surface area contributed by atoms with Crippen molar-refractivity contribution in [2.24, 2.45) is 11.7 Å². The second-order valence-corrected chi connectivity index (χ2v) is 5.23. The quantitative estimate of drug-likeness (QED) is 0.699. The lowest BCUT2D eigenvalue weighted by Gasteiger charge is -2.27. The van der Waals surface area contributed by atoms with Crippen molar-refractivity contribution in [1.29, 1.82) is 0 Å². The van der Waals surface area contributed by atoms with Crippen LogP contribution in [0.25, 0.3) is 0 Å². The highest BCUT2D eigenvalue weighted by Crippen LogP contribution is 2.29. The summed E-state index contributed by atoms with van der Waals surface area (Å²) in [5, 5.41) is 0. The van der Waals surface area contributed by atoms with Crippen molar-refractivity contribution < 1.29 is 0 Å². The van der Waals surface area contributed by atoms with Gasteiger partial charge < -0.3 is 10.6 Å². The first-order valence-corrected chi connectivity index (χ1v) is 6.23. The van der Waals surface area contributed by atoms with Crippen LogP contribution in [0.5, 0.6) is 0 Å². The molecule has 2 rings (SSSR count). The molecule has 0 bridgehead atoms. The first kappa shape index (κ1) is 10.4. The van der Waals surface area contributed by atoms with Gasteiger partial charge in [0.05, 0.1) is 0 Å². The Morgan fingerprint density at radius 3 is 2.50 bits per heavy atom. The van der Waals surface area contributed by atoms with E-state index in [0.29, 0.717) is 6.04 Å². The zero-order valence-electron chi connectivity index (χ0n) is 9.41. The molecule has 2 aliphatic rings. The standard InChI is InChI=1S/C12H24N2/c1-14(11-7-8-11)9-10-5-3-2-4-6-12(10)13/h10-12H,2-9,13H2,1H3. The summed E-state index contributed by atoms with van der Waals surface area (Å²) in [6, 6.07) is 1.36. The third-order valence-electron chi connectivity index (χ3n) is 3.91. The highest BCUT2D eigenvalue weighted by atomic mass is 15.2. The summed E-state index contributed by atoms with van der Waals surface area (Å²) < 4.78 is 0. The molecular formula is C12H24N2. The highest BCUT2D eigenvalue weighted by Gasteiger charge is 2.29. The van der Waals surface area contributed by atoms with E-state index in [-0.39, 0.29) is 0 Å². The Balaban J connectivity index is 1.80. The Kier molecular flexibility index (Phi) is 3.45. The van der Waals surface area contributed by atoms with Crippen molar-refractivity contribution in [2.75, 3.05) is 13.6 Å². The predicted octanol–water partition coefficient (Wildman–Crippen LogP) is 1.99. The van der Waals surface area contributed by atoms with Crippen LogP contribution < -0.4 is 5.73 Å². The maximum atomic E-state index is 6.22. The van der Waals surface area contributed by atoms with E-state index in [4.69, 9.17) is 5.73 Å². The van der Waals surface area contributed by atoms with Crippen molar-refractivity contribution >= 4 is 0 Å². The average molecular weight is 196 g/mol. The molecule has 0 spiro atoms.